The maximum Gasteiger partial charge on any atom is 0.270 e. The van der Waals surface area contributed by atoms with Gasteiger partial charge in [0, 0.05) is 25.5 Å². The Morgan fingerprint density at radius 2 is 2.18 bits per heavy atom. The number of pyridine rings is 1. The summed E-state index contributed by atoms with van der Waals surface area (Å²) in [6.45, 7) is 0. The van der Waals surface area contributed by atoms with Crippen LogP contribution in [0.25, 0.3) is 5.65 Å². The highest BCUT2D eigenvalue weighted by molar-refractivity contribution is 7.91. The van der Waals surface area contributed by atoms with E-state index in [2.05, 4.69) is 4.98 Å². The van der Waals surface area contributed by atoms with Gasteiger partial charge in [0.15, 0.2) is 9.84 Å². The third-order valence-electron chi connectivity index (χ3n) is 3.92. The van der Waals surface area contributed by atoms with Gasteiger partial charge in [-0.05, 0) is 18.6 Å². The van der Waals surface area contributed by atoms with Gasteiger partial charge in [0.25, 0.3) is 11.5 Å². The van der Waals surface area contributed by atoms with Crippen molar-refractivity contribution in [1.82, 2.24) is 14.3 Å². The van der Waals surface area contributed by atoms with Gasteiger partial charge in [-0.15, -0.1) is 0 Å². The molecule has 1 fully saturated rings. The first kappa shape index (κ1) is 14.7. The fourth-order valence-electron chi connectivity index (χ4n) is 2.61. The van der Waals surface area contributed by atoms with Gasteiger partial charge < -0.3 is 4.90 Å². The third-order valence-corrected chi connectivity index (χ3v) is 5.67. The van der Waals surface area contributed by atoms with Crippen LogP contribution >= 0.6 is 0 Å². The quantitative estimate of drug-likeness (QED) is 0.774. The molecule has 0 spiro atoms. The molecule has 116 valence electrons. The molecule has 0 aromatic carbocycles. The van der Waals surface area contributed by atoms with E-state index in [9.17, 15) is 18.0 Å². The summed E-state index contributed by atoms with van der Waals surface area (Å²) in [7, 11) is -1.57. The first-order valence-corrected chi connectivity index (χ1v) is 8.65. The summed E-state index contributed by atoms with van der Waals surface area (Å²) in [5.41, 5.74) is -0.0612. The van der Waals surface area contributed by atoms with Gasteiger partial charge in [-0.1, -0.05) is 6.07 Å². The maximum atomic E-state index is 12.5. The van der Waals surface area contributed by atoms with E-state index in [1.165, 1.54) is 22.5 Å². The van der Waals surface area contributed by atoms with Gasteiger partial charge in [-0.2, -0.15) is 0 Å². The number of sulfone groups is 1. The second-order valence-corrected chi connectivity index (χ2v) is 7.61. The van der Waals surface area contributed by atoms with E-state index in [1.54, 1.807) is 24.4 Å². The van der Waals surface area contributed by atoms with Gasteiger partial charge in [-0.25, -0.2) is 13.4 Å². The number of nitrogens with zero attached hydrogens (tertiary/aromatic N) is 3. The van der Waals surface area contributed by atoms with Crippen molar-refractivity contribution < 1.29 is 13.2 Å². The van der Waals surface area contributed by atoms with Crippen molar-refractivity contribution in [2.24, 2.45) is 0 Å². The Morgan fingerprint density at radius 3 is 2.86 bits per heavy atom. The van der Waals surface area contributed by atoms with Crippen molar-refractivity contribution in [3.63, 3.8) is 0 Å². The number of fused-ring (bicyclic) bond motifs is 1. The normalized spacial score (nSPS) is 20.1. The smallest absolute Gasteiger partial charge is 0.270 e. The second-order valence-electron chi connectivity index (χ2n) is 5.38. The molecule has 0 radical (unpaired) electrons. The number of aromatic nitrogens is 2. The summed E-state index contributed by atoms with van der Waals surface area (Å²) < 4.78 is 24.4. The van der Waals surface area contributed by atoms with Gasteiger partial charge in [0.1, 0.15) is 11.2 Å². The van der Waals surface area contributed by atoms with Crippen LogP contribution in [0.2, 0.25) is 0 Å². The van der Waals surface area contributed by atoms with E-state index in [-0.39, 0.29) is 17.1 Å². The Bertz CT molecular complexity index is 904. The van der Waals surface area contributed by atoms with E-state index in [1.807, 2.05) is 0 Å². The van der Waals surface area contributed by atoms with Crippen LogP contribution < -0.4 is 5.56 Å². The number of hydrogen-bond acceptors (Lipinski definition) is 5. The Kier molecular flexibility index (Phi) is 3.48. The minimum Gasteiger partial charge on any atom is -0.337 e. The molecule has 2 aromatic rings. The molecule has 0 aliphatic carbocycles. The average molecular weight is 321 g/mol. The van der Waals surface area contributed by atoms with Gasteiger partial charge in [-0.3, -0.25) is 14.0 Å². The largest absolute Gasteiger partial charge is 0.337 e. The minimum atomic E-state index is -3.09. The number of carbonyl (C=O) groups is 1. The molecule has 0 saturated carbocycles. The van der Waals surface area contributed by atoms with E-state index in [0.29, 0.717) is 12.1 Å². The number of hydrogen-bond donors (Lipinski definition) is 0. The third kappa shape index (κ3) is 2.50. The number of rotatable bonds is 2. The van der Waals surface area contributed by atoms with Crippen LogP contribution in [-0.4, -0.2) is 53.2 Å². The molecule has 22 heavy (non-hydrogen) atoms. The maximum absolute atomic E-state index is 12.5. The molecule has 3 heterocycles. The highest BCUT2D eigenvalue weighted by atomic mass is 32.2. The Morgan fingerprint density at radius 1 is 1.41 bits per heavy atom. The van der Waals surface area contributed by atoms with Crippen LogP contribution in [0.5, 0.6) is 0 Å². The van der Waals surface area contributed by atoms with Crippen LogP contribution in [0, 0.1) is 0 Å². The van der Waals surface area contributed by atoms with Crippen LogP contribution in [-0.2, 0) is 9.84 Å². The zero-order valence-electron chi connectivity index (χ0n) is 12.0. The lowest BCUT2D eigenvalue weighted by Crippen LogP contribution is -2.40. The van der Waals surface area contributed by atoms with Gasteiger partial charge in [0.05, 0.1) is 11.5 Å². The fraction of sp³-hybridized carbons (Fsp3) is 0.357. The van der Waals surface area contributed by atoms with E-state index in [0.717, 1.165) is 0 Å². The van der Waals surface area contributed by atoms with Crippen molar-refractivity contribution in [3.05, 3.63) is 46.5 Å². The predicted octanol–water partition coefficient (Wildman–Crippen LogP) is -0.0464. The summed E-state index contributed by atoms with van der Waals surface area (Å²) in [6, 6.07) is 4.70. The zero-order valence-corrected chi connectivity index (χ0v) is 12.8. The van der Waals surface area contributed by atoms with Crippen LogP contribution in [0.1, 0.15) is 16.8 Å². The molecule has 7 nitrogen and oxygen atoms in total. The SMILES string of the molecule is CN(C(=O)c1cnc2ccccn2c1=O)[C@@H]1CCS(=O)(=O)C1. The number of carbonyl (C=O) groups excluding carboxylic acids is 1. The van der Waals surface area contributed by atoms with Crippen molar-refractivity contribution in [3.8, 4) is 0 Å². The topological polar surface area (TPSA) is 88.8 Å². The zero-order chi connectivity index (χ0) is 15.9. The second kappa shape index (κ2) is 5.20. The summed E-state index contributed by atoms with van der Waals surface area (Å²) >= 11 is 0. The van der Waals surface area contributed by atoms with Crippen molar-refractivity contribution in [2.45, 2.75) is 12.5 Å². The Labute approximate surface area is 127 Å². The lowest BCUT2D eigenvalue weighted by Gasteiger charge is -2.23. The summed E-state index contributed by atoms with van der Waals surface area (Å²) in [6.07, 6.45) is 3.19. The van der Waals surface area contributed by atoms with Gasteiger partial charge >= 0.3 is 0 Å². The minimum absolute atomic E-state index is 0.0580. The molecule has 1 amide bonds. The lowest BCUT2D eigenvalue weighted by molar-refractivity contribution is 0.0745. The molecule has 0 N–H and O–H groups in total. The molecule has 1 aliphatic rings. The number of amides is 1. The van der Waals surface area contributed by atoms with Crippen molar-refractivity contribution in [1.29, 1.82) is 0 Å². The molecule has 0 unspecified atom stereocenters. The Hall–Kier alpha value is -2.22. The Balaban J connectivity index is 1.96. The van der Waals surface area contributed by atoms with Crippen molar-refractivity contribution in [2.75, 3.05) is 18.6 Å². The van der Waals surface area contributed by atoms with E-state index < -0.39 is 27.3 Å². The summed E-state index contributed by atoms with van der Waals surface area (Å²) in [5, 5.41) is 0. The fourth-order valence-corrected chi connectivity index (χ4v) is 4.38. The van der Waals surface area contributed by atoms with Gasteiger partial charge in [0.2, 0.25) is 0 Å². The summed E-state index contributed by atoms with van der Waals surface area (Å²) in [5.74, 6) is -0.486. The molecule has 1 aliphatic heterocycles. The average Bonchev–Trinajstić information content (AvgIpc) is 2.87. The molecule has 1 atom stereocenters. The molecule has 2 aromatic heterocycles. The molecule has 3 rings (SSSR count). The monoisotopic (exact) mass is 321 g/mol. The molecular formula is C14H15N3O4S. The van der Waals surface area contributed by atoms with Crippen molar-refractivity contribution >= 4 is 21.4 Å². The standard InChI is InChI=1S/C14H15N3O4S/c1-16(10-5-7-22(20,21)9-10)13(18)11-8-15-12-4-2-3-6-17(12)14(11)19/h2-4,6,8,10H,5,7,9H2,1H3/t10-/m1/s1. The molecular weight excluding hydrogens is 306 g/mol. The van der Waals surface area contributed by atoms with E-state index >= 15 is 0 Å². The highest BCUT2D eigenvalue weighted by Gasteiger charge is 2.33. The van der Waals surface area contributed by atoms with Crippen LogP contribution in [0.3, 0.4) is 0 Å². The lowest BCUT2D eigenvalue weighted by atomic mass is 10.2. The summed E-state index contributed by atoms with van der Waals surface area (Å²) in [4.78, 5) is 30.3. The first-order chi connectivity index (χ1) is 10.4. The predicted molar refractivity (Wildman–Crippen MR) is 80.6 cm³/mol. The van der Waals surface area contributed by atoms with Crippen LogP contribution in [0.4, 0.5) is 0 Å². The first-order valence-electron chi connectivity index (χ1n) is 6.83. The van der Waals surface area contributed by atoms with E-state index in [4.69, 9.17) is 0 Å². The molecule has 8 heteroatoms. The molecule has 0 bridgehead atoms. The molecule has 1 saturated heterocycles. The van der Waals surface area contributed by atoms with Crippen LogP contribution in [0.15, 0.2) is 35.4 Å². The highest BCUT2D eigenvalue weighted by Crippen LogP contribution is 2.17.